The first-order valence-corrected chi connectivity index (χ1v) is 0. The quantitative estimate of drug-likeness (QED) is 0.532. The minimum absolute atomic E-state index is 0. The van der Waals surface area contributed by atoms with E-state index in [1.807, 2.05) is 0 Å². The summed E-state index contributed by atoms with van der Waals surface area (Å²) in [5.74, 6) is 0. The van der Waals surface area contributed by atoms with E-state index >= 15 is 0 Å². The van der Waals surface area contributed by atoms with Gasteiger partial charge in [0.15, 0.2) is 0 Å². The van der Waals surface area contributed by atoms with Crippen molar-refractivity contribution in [2.45, 2.75) is 0 Å². The molecule has 0 spiro atoms. The van der Waals surface area contributed by atoms with Crippen LogP contribution in [0, 0.1) is 0 Å². The molecule has 0 bridgehead atoms. The van der Waals surface area contributed by atoms with Crippen LogP contribution in [-0.2, 0) is 87.4 Å². The molecule has 0 saturated heterocycles. The molecule has 0 saturated carbocycles. The van der Waals surface area contributed by atoms with Crippen LogP contribution < -0.4 is 0 Å². The molecule has 0 atom stereocenters. The monoisotopic (exact) mass is 352 g/mol. The van der Waals surface area contributed by atoms with E-state index in [2.05, 4.69) is 0 Å². The topological polar surface area (TPSA) is 85.5 Å². The summed E-state index contributed by atoms with van der Waals surface area (Å²) in [4.78, 5) is 0. The molecule has 0 heterocycles. The molecule has 0 radical (unpaired) electrons. The molecule has 3 nitrogen and oxygen atoms in total. The van der Waals surface area contributed by atoms with Crippen molar-refractivity contribution in [3.8, 4) is 0 Å². The Kier molecular flexibility index (Phi) is 803. The van der Waals surface area contributed by atoms with E-state index in [1.165, 1.54) is 0 Å². The van der Waals surface area contributed by atoms with Crippen LogP contribution >= 0.6 is 0 Å². The van der Waals surface area contributed by atoms with Crippen molar-refractivity contribution in [1.29, 1.82) is 0 Å². The summed E-state index contributed by atoms with van der Waals surface area (Å²) in [5.41, 5.74) is 0. The van der Waals surface area contributed by atoms with Crippen molar-refractivity contribution in [2.24, 2.45) is 0 Å². The SMILES string of the molecule is [Ag+].[Ag+].[O-2].[O-2].[O-2].[Zr+4]. The van der Waals surface area contributed by atoms with E-state index in [0.29, 0.717) is 0 Å². The Hall–Kier alpha value is 2.24. The summed E-state index contributed by atoms with van der Waals surface area (Å²) in [5, 5.41) is 0. The van der Waals surface area contributed by atoms with E-state index in [9.17, 15) is 0 Å². The molecule has 0 aliphatic rings. The first-order chi connectivity index (χ1) is 0. The summed E-state index contributed by atoms with van der Waals surface area (Å²) >= 11 is 0. The third-order valence-corrected chi connectivity index (χ3v) is 0. The number of hydrogen-bond donors (Lipinski definition) is 0. The summed E-state index contributed by atoms with van der Waals surface area (Å²) in [6.45, 7) is 0. The minimum Gasteiger partial charge on any atom is -2.00 e. The summed E-state index contributed by atoms with van der Waals surface area (Å²) in [6.07, 6.45) is 0. The van der Waals surface area contributed by atoms with Crippen molar-refractivity contribution in [3.05, 3.63) is 0 Å². The Morgan fingerprint density at radius 3 is 0.500 bits per heavy atom. The molecule has 0 aromatic carbocycles. The van der Waals surface area contributed by atoms with Gasteiger partial charge in [0.2, 0.25) is 0 Å². The molecule has 0 amide bonds. The molecule has 0 fully saturated rings. The standard InChI is InChI=1S/2Ag.3O.Zr/q2*+1;3*-2;+4. The van der Waals surface area contributed by atoms with Gasteiger partial charge in [-0.25, -0.2) is 0 Å². The first kappa shape index (κ1) is 85.9. The molecule has 0 aromatic rings. The fourth-order valence-electron chi connectivity index (χ4n) is 0. The third kappa shape index (κ3) is 34.1. The van der Waals surface area contributed by atoms with Crippen molar-refractivity contribution < 1.29 is 87.4 Å². The van der Waals surface area contributed by atoms with Gasteiger partial charge in [-0.15, -0.1) is 0 Å². The zero-order valence-corrected chi connectivity index (χ0v) is 7.75. The van der Waals surface area contributed by atoms with Crippen molar-refractivity contribution in [2.75, 3.05) is 0 Å². The second kappa shape index (κ2) is 56.1. The Morgan fingerprint density at radius 1 is 0.500 bits per heavy atom. The van der Waals surface area contributed by atoms with Crippen LogP contribution in [0.5, 0.6) is 0 Å². The van der Waals surface area contributed by atoms with Crippen molar-refractivity contribution in [1.82, 2.24) is 0 Å². The Balaban J connectivity index is 0. The molecule has 0 aliphatic carbocycles. The Morgan fingerprint density at radius 2 is 0.500 bits per heavy atom. The molecule has 44 valence electrons. The maximum absolute atomic E-state index is 0. The fraction of sp³-hybridized carbons (Fsp3) is 0. The van der Waals surface area contributed by atoms with Gasteiger partial charge in [0, 0.05) is 0 Å². The molecule has 6 heteroatoms. The van der Waals surface area contributed by atoms with E-state index < -0.39 is 0 Å². The van der Waals surface area contributed by atoms with Gasteiger partial charge >= 0.3 is 71.0 Å². The average molecular weight is 355 g/mol. The number of hydrogen-bond acceptors (Lipinski definition) is 0. The summed E-state index contributed by atoms with van der Waals surface area (Å²) < 4.78 is 0. The molecular formula is Ag2O3Zr. The van der Waals surface area contributed by atoms with E-state index in [0.717, 1.165) is 0 Å². The Bertz CT molecular complexity index is 8.75. The number of rotatable bonds is 0. The van der Waals surface area contributed by atoms with Gasteiger partial charge in [0.25, 0.3) is 0 Å². The van der Waals surface area contributed by atoms with E-state index in [-0.39, 0.29) is 87.4 Å². The van der Waals surface area contributed by atoms with Crippen molar-refractivity contribution in [3.63, 3.8) is 0 Å². The zero-order chi connectivity index (χ0) is 0. The third-order valence-electron chi connectivity index (χ3n) is 0. The molecule has 0 unspecified atom stereocenters. The largest absolute Gasteiger partial charge is 4.00 e. The smallest absolute Gasteiger partial charge is 2.00 e. The average Bonchev–Trinajstić information content (AvgIpc) is 0. The second-order valence-electron chi connectivity index (χ2n) is 0. The predicted molar refractivity (Wildman–Crippen MR) is 2.06 cm³/mol. The molecule has 0 aromatic heterocycles. The van der Waals surface area contributed by atoms with Crippen molar-refractivity contribution >= 4 is 0 Å². The van der Waals surface area contributed by atoms with Crippen LogP contribution in [-0.4, -0.2) is 0 Å². The van der Waals surface area contributed by atoms with E-state index in [1.54, 1.807) is 0 Å². The van der Waals surface area contributed by atoms with Gasteiger partial charge in [0.1, 0.15) is 0 Å². The Labute approximate surface area is 86.3 Å². The first-order valence-electron chi connectivity index (χ1n) is 0. The summed E-state index contributed by atoms with van der Waals surface area (Å²) in [6, 6.07) is 0. The van der Waals surface area contributed by atoms with Crippen LogP contribution in [0.2, 0.25) is 0 Å². The molecule has 6 heavy (non-hydrogen) atoms. The maximum Gasteiger partial charge on any atom is 4.00 e. The van der Waals surface area contributed by atoms with Gasteiger partial charge in [-0.2, -0.15) is 0 Å². The van der Waals surface area contributed by atoms with Crippen LogP contribution in [0.1, 0.15) is 0 Å². The van der Waals surface area contributed by atoms with Crippen LogP contribution in [0.3, 0.4) is 0 Å². The van der Waals surface area contributed by atoms with Gasteiger partial charge < -0.3 is 16.4 Å². The van der Waals surface area contributed by atoms with Gasteiger partial charge in [-0.05, 0) is 0 Å². The van der Waals surface area contributed by atoms with Crippen LogP contribution in [0.4, 0.5) is 0 Å². The van der Waals surface area contributed by atoms with Gasteiger partial charge in [-0.3, -0.25) is 0 Å². The fourth-order valence-corrected chi connectivity index (χ4v) is 0. The molecule has 0 rings (SSSR count). The van der Waals surface area contributed by atoms with Crippen LogP contribution in [0.25, 0.3) is 0 Å². The van der Waals surface area contributed by atoms with Crippen LogP contribution in [0.15, 0.2) is 0 Å². The maximum atomic E-state index is 0. The normalized spacial score (nSPS) is 0. The minimum atomic E-state index is 0. The summed E-state index contributed by atoms with van der Waals surface area (Å²) in [7, 11) is 0. The molecule has 0 N–H and O–H groups in total. The molecule has 0 aliphatic heterocycles. The zero-order valence-electron chi connectivity index (χ0n) is 2.33. The van der Waals surface area contributed by atoms with Gasteiger partial charge in [-0.1, -0.05) is 0 Å². The van der Waals surface area contributed by atoms with E-state index in [4.69, 9.17) is 0 Å². The van der Waals surface area contributed by atoms with Gasteiger partial charge in [0.05, 0.1) is 0 Å². The predicted octanol–water partition coefficient (Wildman–Crippen LogP) is -0.364. The second-order valence-corrected chi connectivity index (χ2v) is 0. The molecular weight excluding hydrogens is 355 g/mol.